The molecule has 4 aromatic rings. The highest BCUT2D eigenvalue weighted by Gasteiger charge is 2.13. The van der Waals surface area contributed by atoms with E-state index in [0.29, 0.717) is 17.8 Å². The summed E-state index contributed by atoms with van der Waals surface area (Å²) in [5.41, 5.74) is 1.75. The standard InChI is InChI=1S/C25H22FN3O3/c1-28(15-17-3-4-20-14-22(32-2)10-7-19(20)13-17)25(31)16-29-24(30)12-11-23(27-29)18-5-8-21(26)9-6-18/h3-14H,15-16H2,1-2H3. The first-order valence-electron chi connectivity index (χ1n) is 10.1. The molecule has 32 heavy (non-hydrogen) atoms. The van der Waals surface area contributed by atoms with Gasteiger partial charge in [-0.1, -0.05) is 18.2 Å². The Bertz CT molecular complexity index is 1330. The van der Waals surface area contributed by atoms with Crippen molar-refractivity contribution >= 4 is 16.7 Å². The van der Waals surface area contributed by atoms with Gasteiger partial charge in [-0.15, -0.1) is 0 Å². The van der Waals surface area contributed by atoms with Gasteiger partial charge in [0.15, 0.2) is 0 Å². The second-order valence-electron chi connectivity index (χ2n) is 7.52. The molecule has 0 radical (unpaired) electrons. The molecule has 0 fully saturated rings. The van der Waals surface area contributed by atoms with Crippen LogP contribution >= 0.6 is 0 Å². The molecule has 0 aliphatic carbocycles. The van der Waals surface area contributed by atoms with Gasteiger partial charge in [0.1, 0.15) is 18.1 Å². The molecule has 1 aromatic heterocycles. The average molecular weight is 431 g/mol. The lowest BCUT2D eigenvalue weighted by atomic mass is 10.1. The van der Waals surface area contributed by atoms with Gasteiger partial charge in [0.05, 0.1) is 12.8 Å². The third kappa shape index (κ3) is 4.67. The van der Waals surface area contributed by atoms with Crippen molar-refractivity contribution in [1.29, 1.82) is 0 Å². The highest BCUT2D eigenvalue weighted by Crippen LogP contribution is 2.22. The molecule has 6 nitrogen and oxygen atoms in total. The zero-order valence-corrected chi connectivity index (χ0v) is 17.8. The van der Waals surface area contributed by atoms with Crippen molar-refractivity contribution < 1.29 is 13.9 Å². The van der Waals surface area contributed by atoms with Crippen molar-refractivity contribution in [2.24, 2.45) is 0 Å². The summed E-state index contributed by atoms with van der Waals surface area (Å²) in [7, 11) is 3.32. The number of hydrogen-bond acceptors (Lipinski definition) is 4. The molecule has 7 heteroatoms. The van der Waals surface area contributed by atoms with E-state index in [9.17, 15) is 14.0 Å². The second-order valence-corrected chi connectivity index (χ2v) is 7.52. The van der Waals surface area contributed by atoms with Crippen molar-refractivity contribution in [2.45, 2.75) is 13.1 Å². The van der Waals surface area contributed by atoms with Crippen LogP contribution in [0.1, 0.15) is 5.56 Å². The predicted molar refractivity (Wildman–Crippen MR) is 121 cm³/mol. The van der Waals surface area contributed by atoms with E-state index in [1.807, 2.05) is 36.4 Å². The molecule has 0 saturated carbocycles. The fraction of sp³-hybridized carbons (Fsp3) is 0.160. The van der Waals surface area contributed by atoms with E-state index in [-0.39, 0.29) is 23.8 Å². The van der Waals surface area contributed by atoms with Gasteiger partial charge in [0.25, 0.3) is 5.56 Å². The maximum atomic E-state index is 13.2. The quantitative estimate of drug-likeness (QED) is 0.465. The maximum absolute atomic E-state index is 13.2. The van der Waals surface area contributed by atoms with Gasteiger partial charge in [-0.25, -0.2) is 9.07 Å². The Kier molecular flexibility index (Phi) is 5.98. The molecule has 3 aromatic carbocycles. The molecule has 0 unspecified atom stereocenters. The number of hydrogen-bond donors (Lipinski definition) is 0. The number of aromatic nitrogens is 2. The molecule has 1 amide bonds. The maximum Gasteiger partial charge on any atom is 0.267 e. The van der Waals surface area contributed by atoms with Gasteiger partial charge in [0.2, 0.25) is 5.91 Å². The van der Waals surface area contributed by atoms with Gasteiger partial charge < -0.3 is 9.64 Å². The molecule has 162 valence electrons. The second kappa shape index (κ2) is 9.01. The molecule has 0 saturated heterocycles. The Balaban J connectivity index is 1.49. The van der Waals surface area contributed by atoms with Gasteiger partial charge in [0, 0.05) is 25.2 Å². The third-order valence-electron chi connectivity index (χ3n) is 5.25. The van der Waals surface area contributed by atoms with E-state index in [2.05, 4.69) is 5.10 Å². The molecule has 0 spiro atoms. The molecular formula is C25H22FN3O3. The summed E-state index contributed by atoms with van der Waals surface area (Å²) >= 11 is 0. The van der Waals surface area contributed by atoms with Crippen molar-refractivity contribution in [3.63, 3.8) is 0 Å². The SMILES string of the molecule is COc1ccc2cc(CN(C)C(=O)Cn3nc(-c4ccc(F)cc4)ccc3=O)ccc2c1. The van der Waals surface area contributed by atoms with Crippen LogP contribution in [-0.4, -0.2) is 34.7 Å². The van der Waals surface area contributed by atoms with Crippen LogP contribution in [0.2, 0.25) is 0 Å². The number of amides is 1. The van der Waals surface area contributed by atoms with Crippen molar-refractivity contribution in [1.82, 2.24) is 14.7 Å². The van der Waals surface area contributed by atoms with E-state index in [1.54, 1.807) is 37.3 Å². The van der Waals surface area contributed by atoms with Gasteiger partial charge >= 0.3 is 0 Å². The first-order valence-corrected chi connectivity index (χ1v) is 10.1. The zero-order valence-electron chi connectivity index (χ0n) is 17.8. The van der Waals surface area contributed by atoms with E-state index in [1.165, 1.54) is 18.2 Å². The molecule has 0 aliphatic heterocycles. The molecule has 0 bridgehead atoms. The minimum absolute atomic E-state index is 0.185. The molecule has 0 N–H and O–H groups in total. The Morgan fingerprint density at radius 3 is 2.47 bits per heavy atom. The summed E-state index contributed by atoms with van der Waals surface area (Å²) in [6.07, 6.45) is 0. The van der Waals surface area contributed by atoms with Crippen molar-refractivity contribution in [3.8, 4) is 17.0 Å². The zero-order chi connectivity index (χ0) is 22.7. The fourth-order valence-electron chi connectivity index (χ4n) is 3.45. The number of carbonyl (C=O) groups excluding carboxylic acids is 1. The molecule has 0 aliphatic rings. The highest BCUT2D eigenvalue weighted by molar-refractivity contribution is 5.84. The normalized spacial score (nSPS) is 10.8. The number of rotatable bonds is 6. The van der Waals surface area contributed by atoms with Crippen LogP contribution in [0.5, 0.6) is 5.75 Å². The van der Waals surface area contributed by atoms with Crippen LogP contribution in [0, 0.1) is 5.82 Å². The van der Waals surface area contributed by atoms with E-state index < -0.39 is 0 Å². The number of methoxy groups -OCH3 is 1. The fourth-order valence-corrected chi connectivity index (χ4v) is 3.45. The monoisotopic (exact) mass is 431 g/mol. The summed E-state index contributed by atoms with van der Waals surface area (Å²) in [6, 6.07) is 20.5. The summed E-state index contributed by atoms with van der Waals surface area (Å²) < 4.78 is 19.6. The minimum atomic E-state index is -0.378. The topological polar surface area (TPSA) is 64.4 Å². The summed E-state index contributed by atoms with van der Waals surface area (Å²) in [5.74, 6) is 0.191. The lowest BCUT2D eigenvalue weighted by molar-refractivity contribution is -0.131. The van der Waals surface area contributed by atoms with Gasteiger partial charge in [-0.2, -0.15) is 5.10 Å². The van der Waals surface area contributed by atoms with Gasteiger partial charge in [-0.05, 0) is 64.9 Å². The predicted octanol–water partition coefficient (Wildman–Crippen LogP) is 3.87. The first-order chi connectivity index (χ1) is 15.4. The molecule has 4 rings (SSSR count). The van der Waals surface area contributed by atoms with E-state index >= 15 is 0 Å². The number of halogens is 1. The van der Waals surface area contributed by atoms with Crippen LogP contribution in [0.25, 0.3) is 22.0 Å². The molecule has 1 heterocycles. The Morgan fingerprint density at radius 2 is 1.72 bits per heavy atom. The van der Waals surface area contributed by atoms with Crippen LogP contribution in [0.4, 0.5) is 4.39 Å². The number of ether oxygens (including phenoxy) is 1. The van der Waals surface area contributed by atoms with Gasteiger partial charge in [-0.3, -0.25) is 9.59 Å². The number of nitrogens with zero attached hydrogens (tertiary/aromatic N) is 3. The number of benzene rings is 3. The largest absolute Gasteiger partial charge is 0.497 e. The Labute approximate surface area is 184 Å². The average Bonchev–Trinajstić information content (AvgIpc) is 2.80. The van der Waals surface area contributed by atoms with E-state index in [0.717, 1.165) is 26.8 Å². The number of fused-ring (bicyclic) bond motifs is 1. The van der Waals surface area contributed by atoms with Crippen molar-refractivity contribution in [3.05, 3.63) is 94.5 Å². The summed E-state index contributed by atoms with van der Waals surface area (Å²) in [4.78, 5) is 26.6. The Morgan fingerprint density at radius 1 is 1.00 bits per heavy atom. The molecular weight excluding hydrogens is 409 g/mol. The highest BCUT2D eigenvalue weighted by atomic mass is 19.1. The van der Waals surface area contributed by atoms with Crippen LogP contribution < -0.4 is 10.3 Å². The lowest BCUT2D eigenvalue weighted by Crippen LogP contribution is -2.34. The third-order valence-corrected chi connectivity index (χ3v) is 5.25. The molecule has 0 atom stereocenters. The minimum Gasteiger partial charge on any atom is -0.497 e. The Hall–Kier alpha value is -4.00. The van der Waals surface area contributed by atoms with Crippen LogP contribution in [-0.2, 0) is 17.9 Å². The first kappa shape index (κ1) is 21.2. The van der Waals surface area contributed by atoms with Crippen molar-refractivity contribution in [2.75, 3.05) is 14.2 Å². The number of carbonyl (C=O) groups is 1. The smallest absolute Gasteiger partial charge is 0.267 e. The lowest BCUT2D eigenvalue weighted by Gasteiger charge is -2.18. The number of likely N-dealkylation sites (N-methyl/N-ethyl adjacent to an activating group) is 1. The van der Waals surface area contributed by atoms with E-state index in [4.69, 9.17) is 4.74 Å². The summed E-state index contributed by atoms with van der Waals surface area (Å²) in [6.45, 7) is 0.211. The summed E-state index contributed by atoms with van der Waals surface area (Å²) in [5, 5.41) is 6.38. The van der Waals surface area contributed by atoms with Crippen LogP contribution in [0.15, 0.2) is 77.6 Å². The van der Waals surface area contributed by atoms with Crippen LogP contribution in [0.3, 0.4) is 0 Å².